The van der Waals surface area contributed by atoms with E-state index < -0.39 is 6.04 Å². The number of amides is 3. The molecule has 0 radical (unpaired) electrons. The van der Waals surface area contributed by atoms with E-state index in [1.165, 1.54) is 24.8 Å². The van der Waals surface area contributed by atoms with Crippen molar-refractivity contribution in [3.63, 3.8) is 0 Å². The second-order valence-electron chi connectivity index (χ2n) is 7.20. The normalized spacial score (nSPS) is 18.9. The van der Waals surface area contributed by atoms with Gasteiger partial charge in [0.15, 0.2) is 0 Å². The summed E-state index contributed by atoms with van der Waals surface area (Å²) in [7, 11) is 0. The molecule has 1 atom stereocenters. The van der Waals surface area contributed by atoms with Gasteiger partial charge < -0.3 is 10.6 Å². The molecule has 1 saturated heterocycles. The first-order valence-corrected chi connectivity index (χ1v) is 9.56. The molecule has 0 bridgehead atoms. The molecule has 0 saturated carbocycles. The first-order chi connectivity index (χ1) is 12.6. The maximum Gasteiger partial charge on any atom is 0.255 e. The molecule has 0 spiro atoms. The SMILES string of the molecule is Cl.NCCCCCCCc1ccc2c(c1)CN(C1CCC(=O)NC1=O)C2=O. The van der Waals surface area contributed by atoms with Crippen LogP contribution in [0.25, 0.3) is 0 Å². The molecule has 148 valence electrons. The summed E-state index contributed by atoms with van der Waals surface area (Å²) in [4.78, 5) is 37.6. The molecule has 6 nitrogen and oxygen atoms in total. The average molecular weight is 394 g/mol. The lowest BCUT2D eigenvalue weighted by molar-refractivity contribution is -0.136. The highest BCUT2D eigenvalue weighted by atomic mass is 35.5. The number of fused-ring (bicyclic) bond motifs is 1. The van der Waals surface area contributed by atoms with E-state index >= 15 is 0 Å². The molecule has 2 heterocycles. The summed E-state index contributed by atoms with van der Waals surface area (Å²) in [6.45, 7) is 1.22. The molecule has 27 heavy (non-hydrogen) atoms. The second kappa shape index (κ2) is 9.85. The average Bonchev–Trinajstić information content (AvgIpc) is 2.94. The van der Waals surface area contributed by atoms with E-state index in [0.29, 0.717) is 18.5 Å². The summed E-state index contributed by atoms with van der Waals surface area (Å²) >= 11 is 0. The minimum absolute atomic E-state index is 0. The van der Waals surface area contributed by atoms with E-state index in [0.717, 1.165) is 31.4 Å². The van der Waals surface area contributed by atoms with Crippen molar-refractivity contribution in [2.75, 3.05) is 6.54 Å². The third kappa shape index (κ3) is 5.08. The topological polar surface area (TPSA) is 92.5 Å². The quantitative estimate of drug-likeness (QED) is 0.523. The highest BCUT2D eigenvalue weighted by molar-refractivity contribution is 6.05. The van der Waals surface area contributed by atoms with Crippen LogP contribution in [-0.4, -0.2) is 35.2 Å². The Kier molecular flexibility index (Phi) is 7.80. The maximum atomic E-state index is 12.6. The van der Waals surface area contributed by atoms with Crippen molar-refractivity contribution in [3.05, 3.63) is 34.9 Å². The van der Waals surface area contributed by atoms with Gasteiger partial charge in [-0.25, -0.2) is 0 Å². The number of rotatable bonds is 8. The third-order valence-electron chi connectivity index (χ3n) is 5.26. The summed E-state index contributed by atoms with van der Waals surface area (Å²) in [5.74, 6) is -0.730. The van der Waals surface area contributed by atoms with Gasteiger partial charge in [0.2, 0.25) is 11.8 Å². The number of piperidine rings is 1. The predicted molar refractivity (Wildman–Crippen MR) is 106 cm³/mol. The van der Waals surface area contributed by atoms with Crippen LogP contribution in [0.2, 0.25) is 0 Å². The zero-order valence-electron chi connectivity index (χ0n) is 15.5. The van der Waals surface area contributed by atoms with E-state index in [9.17, 15) is 14.4 Å². The Bertz CT molecular complexity index is 708. The Hall–Kier alpha value is -1.92. The lowest BCUT2D eigenvalue weighted by Crippen LogP contribution is -2.52. The van der Waals surface area contributed by atoms with Crippen LogP contribution in [0.5, 0.6) is 0 Å². The van der Waals surface area contributed by atoms with E-state index in [4.69, 9.17) is 5.73 Å². The van der Waals surface area contributed by atoms with Crippen LogP contribution < -0.4 is 11.1 Å². The van der Waals surface area contributed by atoms with Crippen LogP contribution >= 0.6 is 12.4 Å². The zero-order valence-corrected chi connectivity index (χ0v) is 16.4. The number of imide groups is 1. The molecule has 1 fully saturated rings. The van der Waals surface area contributed by atoms with Gasteiger partial charge in [0.25, 0.3) is 5.91 Å². The van der Waals surface area contributed by atoms with E-state index in [1.54, 1.807) is 4.90 Å². The van der Waals surface area contributed by atoms with Crippen LogP contribution in [-0.2, 0) is 22.6 Å². The Morgan fingerprint density at radius 2 is 1.81 bits per heavy atom. The Balaban J connectivity index is 0.00000261. The predicted octanol–water partition coefficient (Wildman–Crippen LogP) is 2.32. The first kappa shape index (κ1) is 21.4. The second-order valence-corrected chi connectivity index (χ2v) is 7.20. The van der Waals surface area contributed by atoms with Gasteiger partial charge in [0.05, 0.1) is 0 Å². The minimum atomic E-state index is -0.543. The van der Waals surface area contributed by atoms with Gasteiger partial charge in [-0.3, -0.25) is 19.7 Å². The van der Waals surface area contributed by atoms with Crippen molar-refractivity contribution in [2.45, 2.75) is 64.0 Å². The summed E-state index contributed by atoms with van der Waals surface area (Å²) in [6, 6.07) is 5.45. The smallest absolute Gasteiger partial charge is 0.255 e. The lowest BCUT2D eigenvalue weighted by Gasteiger charge is -2.29. The van der Waals surface area contributed by atoms with Crippen LogP contribution in [0, 0.1) is 0 Å². The third-order valence-corrected chi connectivity index (χ3v) is 5.26. The number of aryl methyl sites for hydroxylation is 1. The van der Waals surface area contributed by atoms with Gasteiger partial charge in [-0.1, -0.05) is 31.4 Å². The molecular formula is C20H28ClN3O3. The fourth-order valence-electron chi connectivity index (χ4n) is 3.79. The number of hydrogen-bond donors (Lipinski definition) is 2. The van der Waals surface area contributed by atoms with Crippen molar-refractivity contribution in [3.8, 4) is 0 Å². The van der Waals surface area contributed by atoms with Gasteiger partial charge in [-0.15, -0.1) is 12.4 Å². The van der Waals surface area contributed by atoms with Gasteiger partial charge >= 0.3 is 0 Å². The standard InChI is InChI=1S/C20H27N3O3.ClH/c21-11-5-3-1-2-4-6-14-7-8-16-15(12-14)13-23(20(16)26)17-9-10-18(24)22-19(17)25;/h7-8,12,17H,1-6,9-11,13,21H2,(H,22,24,25);1H. The van der Waals surface area contributed by atoms with Gasteiger partial charge in [0.1, 0.15) is 6.04 Å². The number of nitrogens with two attached hydrogens (primary N) is 1. The Morgan fingerprint density at radius 3 is 2.56 bits per heavy atom. The Morgan fingerprint density at radius 1 is 1.07 bits per heavy atom. The number of nitrogens with zero attached hydrogens (tertiary/aromatic N) is 1. The first-order valence-electron chi connectivity index (χ1n) is 9.56. The zero-order chi connectivity index (χ0) is 18.5. The number of nitrogens with one attached hydrogen (secondary N) is 1. The lowest BCUT2D eigenvalue weighted by atomic mass is 10.0. The molecule has 2 aliphatic heterocycles. The van der Waals surface area contributed by atoms with Crippen LogP contribution in [0.4, 0.5) is 0 Å². The van der Waals surface area contributed by atoms with E-state index in [2.05, 4.69) is 11.4 Å². The largest absolute Gasteiger partial charge is 0.330 e. The molecule has 0 aromatic heterocycles. The van der Waals surface area contributed by atoms with Crippen LogP contribution in [0.15, 0.2) is 18.2 Å². The fraction of sp³-hybridized carbons (Fsp3) is 0.550. The summed E-state index contributed by atoms with van der Waals surface area (Å²) in [5, 5.41) is 2.33. The Labute approximate surface area is 166 Å². The molecule has 1 aromatic rings. The molecule has 3 amide bonds. The molecule has 3 rings (SSSR count). The summed E-state index contributed by atoms with van der Waals surface area (Å²) in [6.07, 6.45) is 7.51. The molecule has 2 aliphatic rings. The number of halogens is 1. The highest BCUT2D eigenvalue weighted by Gasteiger charge is 2.38. The summed E-state index contributed by atoms with van der Waals surface area (Å²) in [5.41, 5.74) is 8.41. The van der Waals surface area contributed by atoms with Crippen LogP contribution in [0.1, 0.15) is 66.4 Å². The number of carbonyl (C=O) groups excluding carboxylic acids is 3. The van der Waals surface area contributed by atoms with Crippen molar-refractivity contribution in [2.24, 2.45) is 5.73 Å². The van der Waals surface area contributed by atoms with Gasteiger partial charge in [-0.05, 0) is 49.4 Å². The van der Waals surface area contributed by atoms with Gasteiger partial charge in [-0.2, -0.15) is 0 Å². The van der Waals surface area contributed by atoms with Crippen molar-refractivity contribution >= 4 is 30.1 Å². The maximum absolute atomic E-state index is 12.6. The molecule has 1 aromatic carbocycles. The van der Waals surface area contributed by atoms with Crippen molar-refractivity contribution in [1.82, 2.24) is 10.2 Å². The van der Waals surface area contributed by atoms with Crippen molar-refractivity contribution < 1.29 is 14.4 Å². The number of unbranched alkanes of at least 4 members (excludes halogenated alkanes) is 4. The van der Waals surface area contributed by atoms with Crippen LogP contribution in [0.3, 0.4) is 0 Å². The van der Waals surface area contributed by atoms with Gasteiger partial charge in [0, 0.05) is 18.5 Å². The number of benzene rings is 1. The highest BCUT2D eigenvalue weighted by Crippen LogP contribution is 2.28. The van der Waals surface area contributed by atoms with Crippen molar-refractivity contribution in [1.29, 1.82) is 0 Å². The fourth-order valence-corrected chi connectivity index (χ4v) is 3.79. The monoisotopic (exact) mass is 393 g/mol. The molecular weight excluding hydrogens is 366 g/mol. The minimum Gasteiger partial charge on any atom is -0.330 e. The molecule has 7 heteroatoms. The summed E-state index contributed by atoms with van der Waals surface area (Å²) < 4.78 is 0. The molecule has 1 unspecified atom stereocenters. The number of hydrogen-bond acceptors (Lipinski definition) is 4. The van der Waals surface area contributed by atoms with E-state index in [-0.39, 0.29) is 36.5 Å². The number of carbonyl (C=O) groups is 3. The van der Waals surface area contributed by atoms with E-state index in [1.807, 2.05) is 12.1 Å². The molecule has 3 N–H and O–H groups in total. The molecule has 0 aliphatic carbocycles.